The number of esters is 1. The molecule has 0 saturated carbocycles. The lowest BCUT2D eigenvalue weighted by atomic mass is 10.0. The van der Waals surface area contributed by atoms with Gasteiger partial charge < -0.3 is 15.0 Å². The topological polar surface area (TPSA) is 41.6 Å². The molecule has 116 valence electrons. The van der Waals surface area contributed by atoms with Gasteiger partial charge in [-0.05, 0) is 50.8 Å². The molecule has 4 heteroatoms. The number of hydrogen-bond donors (Lipinski definition) is 1. The fourth-order valence-corrected chi connectivity index (χ4v) is 2.83. The average molecular weight is 290 g/mol. The number of benzene rings is 1. The van der Waals surface area contributed by atoms with E-state index in [9.17, 15) is 4.79 Å². The van der Waals surface area contributed by atoms with Crippen LogP contribution in [0.2, 0.25) is 0 Å². The van der Waals surface area contributed by atoms with E-state index in [0.717, 1.165) is 24.3 Å². The number of rotatable bonds is 5. The van der Waals surface area contributed by atoms with Gasteiger partial charge in [0.15, 0.2) is 0 Å². The second-order valence-corrected chi connectivity index (χ2v) is 5.66. The number of nitrogens with one attached hydrogen (secondary N) is 1. The lowest BCUT2D eigenvalue weighted by Crippen LogP contribution is -2.38. The largest absolute Gasteiger partial charge is 0.462 e. The maximum atomic E-state index is 12.4. The SMILES string of the molecule is CCCOC(=O)c1cc(NC)ccc1N1CCCC[C@@H]1C. The van der Waals surface area contributed by atoms with Crippen molar-refractivity contribution in [2.24, 2.45) is 0 Å². The summed E-state index contributed by atoms with van der Waals surface area (Å²) in [5.74, 6) is -0.221. The lowest BCUT2D eigenvalue weighted by molar-refractivity contribution is 0.0505. The lowest BCUT2D eigenvalue weighted by Gasteiger charge is -2.36. The first-order valence-corrected chi connectivity index (χ1v) is 7.93. The van der Waals surface area contributed by atoms with Crippen LogP contribution >= 0.6 is 0 Å². The first-order valence-electron chi connectivity index (χ1n) is 7.93. The molecule has 0 unspecified atom stereocenters. The third-order valence-corrected chi connectivity index (χ3v) is 4.05. The van der Waals surface area contributed by atoms with Gasteiger partial charge in [0.2, 0.25) is 0 Å². The molecule has 1 N–H and O–H groups in total. The monoisotopic (exact) mass is 290 g/mol. The Hall–Kier alpha value is -1.71. The van der Waals surface area contributed by atoms with Gasteiger partial charge in [-0.25, -0.2) is 4.79 Å². The highest BCUT2D eigenvalue weighted by molar-refractivity contribution is 5.97. The smallest absolute Gasteiger partial charge is 0.340 e. The predicted octanol–water partition coefficient (Wildman–Crippen LogP) is 3.67. The van der Waals surface area contributed by atoms with E-state index in [-0.39, 0.29) is 5.97 Å². The molecule has 0 bridgehead atoms. The second-order valence-electron chi connectivity index (χ2n) is 5.66. The number of hydrogen-bond acceptors (Lipinski definition) is 4. The number of carbonyl (C=O) groups excluding carboxylic acids is 1. The molecule has 1 heterocycles. The molecular weight excluding hydrogens is 264 g/mol. The predicted molar refractivity (Wildman–Crippen MR) is 87.2 cm³/mol. The van der Waals surface area contributed by atoms with Gasteiger partial charge in [0.25, 0.3) is 0 Å². The Morgan fingerprint density at radius 2 is 2.24 bits per heavy atom. The van der Waals surface area contributed by atoms with Gasteiger partial charge in [-0.15, -0.1) is 0 Å². The first kappa shape index (κ1) is 15.7. The summed E-state index contributed by atoms with van der Waals surface area (Å²) < 4.78 is 5.35. The summed E-state index contributed by atoms with van der Waals surface area (Å²) in [5.41, 5.74) is 2.61. The van der Waals surface area contributed by atoms with E-state index in [0.29, 0.717) is 18.2 Å². The summed E-state index contributed by atoms with van der Waals surface area (Å²) in [6.07, 6.45) is 4.47. The Balaban J connectivity index is 2.32. The fourth-order valence-electron chi connectivity index (χ4n) is 2.83. The molecule has 0 aromatic heterocycles. The van der Waals surface area contributed by atoms with Gasteiger partial charge >= 0.3 is 5.97 Å². The van der Waals surface area contributed by atoms with Gasteiger partial charge in [0.05, 0.1) is 17.9 Å². The maximum absolute atomic E-state index is 12.4. The van der Waals surface area contributed by atoms with Crippen molar-refractivity contribution >= 4 is 17.3 Å². The Morgan fingerprint density at radius 1 is 1.43 bits per heavy atom. The highest BCUT2D eigenvalue weighted by Gasteiger charge is 2.24. The van der Waals surface area contributed by atoms with Crippen molar-refractivity contribution in [2.75, 3.05) is 30.4 Å². The van der Waals surface area contributed by atoms with Crippen LogP contribution in [0, 0.1) is 0 Å². The van der Waals surface area contributed by atoms with Gasteiger partial charge in [0, 0.05) is 25.3 Å². The first-order chi connectivity index (χ1) is 10.2. The molecule has 2 rings (SSSR count). The minimum Gasteiger partial charge on any atom is -0.462 e. The van der Waals surface area contributed by atoms with Gasteiger partial charge in [-0.1, -0.05) is 6.92 Å². The third-order valence-electron chi connectivity index (χ3n) is 4.05. The Bertz CT molecular complexity index is 488. The second kappa shape index (κ2) is 7.34. The van der Waals surface area contributed by atoms with Crippen molar-refractivity contribution in [1.82, 2.24) is 0 Å². The summed E-state index contributed by atoms with van der Waals surface area (Å²) in [4.78, 5) is 14.7. The van der Waals surface area contributed by atoms with E-state index in [1.54, 1.807) is 0 Å². The van der Waals surface area contributed by atoms with E-state index in [1.807, 2.05) is 32.2 Å². The number of carbonyl (C=O) groups is 1. The zero-order chi connectivity index (χ0) is 15.2. The fraction of sp³-hybridized carbons (Fsp3) is 0.588. The van der Waals surface area contributed by atoms with Crippen LogP contribution in [0.25, 0.3) is 0 Å². The molecule has 21 heavy (non-hydrogen) atoms. The van der Waals surface area contributed by atoms with Gasteiger partial charge in [-0.2, -0.15) is 0 Å². The summed E-state index contributed by atoms with van der Waals surface area (Å²) in [7, 11) is 1.86. The van der Waals surface area contributed by atoms with Crippen molar-refractivity contribution in [3.8, 4) is 0 Å². The highest BCUT2D eigenvalue weighted by Crippen LogP contribution is 2.30. The summed E-state index contributed by atoms with van der Waals surface area (Å²) in [6, 6.07) is 6.43. The molecule has 0 radical (unpaired) electrons. The van der Waals surface area contributed by atoms with E-state index in [4.69, 9.17) is 4.74 Å². The van der Waals surface area contributed by atoms with Crippen LogP contribution in [0.4, 0.5) is 11.4 Å². The average Bonchev–Trinajstić information content (AvgIpc) is 2.52. The number of piperidine rings is 1. The minimum atomic E-state index is -0.221. The van der Waals surface area contributed by atoms with Crippen molar-refractivity contribution < 1.29 is 9.53 Å². The van der Waals surface area contributed by atoms with E-state index < -0.39 is 0 Å². The molecule has 1 aromatic carbocycles. The molecule has 1 atom stereocenters. The normalized spacial score (nSPS) is 18.4. The third kappa shape index (κ3) is 3.69. The van der Waals surface area contributed by atoms with Gasteiger partial charge in [-0.3, -0.25) is 0 Å². The Morgan fingerprint density at radius 3 is 2.90 bits per heavy atom. The number of anilines is 2. The molecule has 0 amide bonds. The summed E-state index contributed by atoms with van der Waals surface area (Å²) >= 11 is 0. The van der Waals surface area contributed by atoms with E-state index in [2.05, 4.69) is 17.1 Å². The summed E-state index contributed by atoms with van der Waals surface area (Å²) in [5, 5.41) is 3.09. The van der Waals surface area contributed by atoms with E-state index in [1.165, 1.54) is 19.3 Å². The van der Waals surface area contributed by atoms with Crippen LogP contribution < -0.4 is 10.2 Å². The van der Waals surface area contributed by atoms with Crippen LogP contribution in [-0.4, -0.2) is 32.2 Å². The number of nitrogens with zero attached hydrogens (tertiary/aromatic N) is 1. The Kier molecular flexibility index (Phi) is 5.48. The zero-order valence-electron chi connectivity index (χ0n) is 13.3. The van der Waals surface area contributed by atoms with Crippen LogP contribution in [0.1, 0.15) is 49.9 Å². The molecular formula is C17H26N2O2. The highest BCUT2D eigenvalue weighted by atomic mass is 16.5. The number of ether oxygens (including phenoxy) is 1. The maximum Gasteiger partial charge on any atom is 0.340 e. The molecule has 0 spiro atoms. The minimum absolute atomic E-state index is 0.221. The van der Waals surface area contributed by atoms with Crippen molar-refractivity contribution in [3.05, 3.63) is 23.8 Å². The molecule has 1 fully saturated rings. The molecule has 1 aliphatic heterocycles. The van der Waals surface area contributed by atoms with Crippen molar-refractivity contribution in [1.29, 1.82) is 0 Å². The van der Waals surface area contributed by atoms with Crippen molar-refractivity contribution in [2.45, 2.75) is 45.6 Å². The molecule has 0 aliphatic carbocycles. The van der Waals surface area contributed by atoms with Crippen LogP contribution in [-0.2, 0) is 4.74 Å². The van der Waals surface area contributed by atoms with Crippen LogP contribution in [0.5, 0.6) is 0 Å². The zero-order valence-corrected chi connectivity index (χ0v) is 13.3. The summed E-state index contributed by atoms with van der Waals surface area (Å²) in [6.45, 7) is 5.71. The Labute approximate surface area is 127 Å². The molecule has 4 nitrogen and oxygen atoms in total. The molecule has 1 aromatic rings. The quantitative estimate of drug-likeness (QED) is 0.840. The van der Waals surface area contributed by atoms with E-state index >= 15 is 0 Å². The van der Waals surface area contributed by atoms with Crippen molar-refractivity contribution in [3.63, 3.8) is 0 Å². The standard InChI is InChI=1S/C17H26N2O2/c1-4-11-21-17(20)15-12-14(18-3)8-9-16(15)19-10-6-5-7-13(19)2/h8-9,12-13,18H,4-7,10-11H2,1-3H3/t13-/m0/s1. The van der Waals surface area contributed by atoms with Gasteiger partial charge in [0.1, 0.15) is 0 Å². The van der Waals surface area contributed by atoms with Crippen LogP contribution in [0.15, 0.2) is 18.2 Å². The molecule has 1 aliphatic rings. The molecule has 1 saturated heterocycles. The van der Waals surface area contributed by atoms with Crippen LogP contribution in [0.3, 0.4) is 0 Å².